The van der Waals surface area contributed by atoms with Gasteiger partial charge in [0, 0.05) is 11.3 Å². The molecule has 36 heavy (non-hydrogen) atoms. The summed E-state index contributed by atoms with van der Waals surface area (Å²) in [5, 5.41) is 21.1. The number of phenolic OH excluding ortho intramolecular Hbond substituents is 1. The number of hydrogen-bond donors (Lipinski definition) is 2. The Balaban J connectivity index is 1.74. The number of aliphatic hydroxyl groups is 1. The average Bonchev–Trinajstić information content (AvgIpc) is 3.17. The standard InChI is InChI=1S/C30H31NO5/c1-3-5-6-19-36-25-17-11-22(12-18-25)28(33)26-27(21-9-15-24(32)16-10-21)31(30(35)29(26)34)23-13-7-20(4-2)8-14-23/h7-18,27,32-33H,3-6,19H2,1-2H3/b28-26+. The molecule has 3 aromatic rings. The van der Waals surface area contributed by atoms with Crippen molar-refractivity contribution >= 4 is 23.1 Å². The first-order chi connectivity index (χ1) is 17.4. The zero-order valence-corrected chi connectivity index (χ0v) is 20.6. The molecule has 1 unspecified atom stereocenters. The van der Waals surface area contributed by atoms with E-state index in [0.717, 1.165) is 31.2 Å². The molecule has 0 saturated carbocycles. The lowest BCUT2D eigenvalue weighted by Crippen LogP contribution is -2.29. The average molecular weight is 486 g/mol. The number of unbranched alkanes of at least 4 members (excludes halogenated alkanes) is 2. The number of phenols is 1. The summed E-state index contributed by atoms with van der Waals surface area (Å²) in [5.41, 5.74) is 2.68. The van der Waals surface area contributed by atoms with Gasteiger partial charge >= 0.3 is 0 Å². The van der Waals surface area contributed by atoms with Crippen LogP contribution in [0, 0.1) is 0 Å². The van der Waals surface area contributed by atoms with Crippen molar-refractivity contribution in [2.75, 3.05) is 11.5 Å². The number of carbonyl (C=O) groups excluding carboxylic acids is 2. The number of amides is 1. The summed E-state index contributed by atoms with van der Waals surface area (Å²) < 4.78 is 5.75. The Morgan fingerprint density at radius 1 is 0.889 bits per heavy atom. The number of aryl methyl sites for hydroxylation is 1. The predicted octanol–water partition coefficient (Wildman–Crippen LogP) is 6.15. The number of benzene rings is 3. The maximum Gasteiger partial charge on any atom is 0.300 e. The summed E-state index contributed by atoms with van der Waals surface area (Å²) in [6.07, 6.45) is 4.02. The third-order valence-electron chi connectivity index (χ3n) is 6.42. The Kier molecular flexibility index (Phi) is 7.74. The van der Waals surface area contributed by atoms with Gasteiger partial charge in [-0.1, -0.05) is 51.0 Å². The van der Waals surface area contributed by atoms with Gasteiger partial charge in [-0.3, -0.25) is 14.5 Å². The fourth-order valence-corrected chi connectivity index (χ4v) is 4.37. The minimum atomic E-state index is -0.844. The number of nitrogens with zero attached hydrogens (tertiary/aromatic N) is 1. The summed E-state index contributed by atoms with van der Waals surface area (Å²) in [5.74, 6) is -0.983. The van der Waals surface area contributed by atoms with Gasteiger partial charge in [0.05, 0.1) is 18.2 Å². The van der Waals surface area contributed by atoms with Gasteiger partial charge in [-0.2, -0.15) is 0 Å². The van der Waals surface area contributed by atoms with Crippen LogP contribution in [0.1, 0.15) is 55.8 Å². The van der Waals surface area contributed by atoms with Crippen LogP contribution in [0.2, 0.25) is 0 Å². The highest BCUT2D eigenvalue weighted by atomic mass is 16.5. The van der Waals surface area contributed by atoms with E-state index in [9.17, 15) is 19.8 Å². The fraction of sp³-hybridized carbons (Fsp3) is 0.267. The topological polar surface area (TPSA) is 87.1 Å². The molecule has 4 rings (SSSR count). The Hall–Kier alpha value is -4.06. The van der Waals surface area contributed by atoms with Crippen LogP contribution < -0.4 is 9.64 Å². The van der Waals surface area contributed by atoms with Crippen molar-refractivity contribution < 1.29 is 24.5 Å². The largest absolute Gasteiger partial charge is 0.508 e. The maximum absolute atomic E-state index is 13.3. The van der Waals surface area contributed by atoms with E-state index >= 15 is 0 Å². The molecule has 3 aromatic carbocycles. The van der Waals surface area contributed by atoms with Crippen LogP contribution in [-0.4, -0.2) is 28.5 Å². The van der Waals surface area contributed by atoms with Crippen molar-refractivity contribution in [1.29, 1.82) is 0 Å². The second-order valence-electron chi connectivity index (χ2n) is 8.86. The van der Waals surface area contributed by atoms with Crippen molar-refractivity contribution in [2.24, 2.45) is 0 Å². The van der Waals surface area contributed by atoms with Crippen LogP contribution in [0.3, 0.4) is 0 Å². The number of ketones is 1. The van der Waals surface area contributed by atoms with Gasteiger partial charge in [0.25, 0.3) is 11.7 Å². The highest BCUT2D eigenvalue weighted by Gasteiger charge is 2.46. The van der Waals surface area contributed by atoms with Gasteiger partial charge in [0.1, 0.15) is 17.3 Å². The number of hydrogen-bond acceptors (Lipinski definition) is 5. The Bertz CT molecular complexity index is 1240. The summed E-state index contributed by atoms with van der Waals surface area (Å²) in [6.45, 7) is 4.79. The van der Waals surface area contributed by atoms with E-state index in [1.165, 1.54) is 17.0 Å². The molecule has 0 aliphatic carbocycles. The lowest BCUT2D eigenvalue weighted by atomic mass is 9.95. The Morgan fingerprint density at radius 2 is 1.56 bits per heavy atom. The number of rotatable bonds is 9. The molecule has 186 valence electrons. The number of carbonyl (C=O) groups is 2. The fourth-order valence-electron chi connectivity index (χ4n) is 4.37. The van der Waals surface area contributed by atoms with Crippen LogP contribution in [0.5, 0.6) is 11.5 Å². The molecule has 1 saturated heterocycles. The van der Waals surface area contributed by atoms with Crippen molar-refractivity contribution in [3.05, 3.63) is 95.1 Å². The van der Waals surface area contributed by atoms with E-state index in [-0.39, 0.29) is 17.1 Å². The van der Waals surface area contributed by atoms with E-state index in [2.05, 4.69) is 6.92 Å². The normalized spacial score (nSPS) is 16.9. The second-order valence-corrected chi connectivity index (χ2v) is 8.86. The molecule has 1 heterocycles. The highest BCUT2D eigenvalue weighted by molar-refractivity contribution is 6.51. The predicted molar refractivity (Wildman–Crippen MR) is 140 cm³/mol. The number of anilines is 1. The van der Waals surface area contributed by atoms with E-state index in [1.807, 2.05) is 31.2 Å². The smallest absolute Gasteiger partial charge is 0.300 e. The lowest BCUT2D eigenvalue weighted by Gasteiger charge is -2.25. The van der Waals surface area contributed by atoms with E-state index in [4.69, 9.17) is 4.74 Å². The van der Waals surface area contributed by atoms with Gasteiger partial charge in [0.15, 0.2) is 0 Å². The van der Waals surface area contributed by atoms with E-state index in [1.54, 1.807) is 36.4 Å². The molecule has 1 atom stereocenters. The molecular formula is C30H31NO5. The van der Waals surface area contributed by atoms with Crippen LogP contribution >= 0.6 is 0 Å². The summed E-state index contributed by atoms with van der Waals surface area (Å²) in [7, 11) is 0. The first-order valence-electron chi connectivity index (χ1n) is 12.4. The lowest BCUT2D eigenvalue weighted by molar-refractivity contribution is -0.132. The molecule has 1 fully saturated rings. The van der Waals surface area contributed by atoms with Crippen LogP contribution in [0.15, 0.2) is 78.4 Å². The van der Waals surface area contributed by atoms with Crippen LogP contribution in [0.4, 0.5) is 5.69 Å². The third kappa shape index (κ3) is 5.13. The van der Waals surface area contributed by atoms with Crippen molar-refractivity contribution in [1.82, 2.24) is 0 Å². The quantitative estimate of drug-likeness (QED) is 0.164. The molecule has 6 nitrogen and oxygen atoms in total. The van der Waals surface area contributed by atoms with Gasteiger partial charge in [0.2, 0.25) is 0 Å². The molecule has 0 radical (unpaired) electrons. The van der Waals surface area contributed by atoms with Crippen LogP contribution in [0.25, 0.3) is 5.76 Å². The number of Topliss-reactive ketones (excluding diaryl/α,β-unsaturated/α-hetero) is 1. The van der Waals surface area contributed by atoms with Gasteiger partial charge in [-0.05, 0) is 72.5 Å². The number of ether oxygens (including phenoxy) is 1. The zero-order chi connectivity index (χ0) is 25.7. The second kappa shape index (κ2) is 11.1. The van der Waals surface area contributed by atoms with E-state index in [0.29, 0.717) is 29.2 Å². The van der Waals surface area contributed by atoms with Crippen molar-refractivity contribution in [2.45, 2.75) is 45.6 Å². The molecule has 6 heteroatoms. The summed E-state index contributed by atoms with van der Waals surface area (Å²) in [4.78, 5) is 27.9. The monoisotopic (exact) mass is 485 g/mol. The van der Waals surface area contributed by atoms with Crippen molar-refractivity contribution in [3.8, 4) is 11.5 Å². The minimum Gasteiger partial charge on any atom is -0.508 e. The molecule has 1 aliphatic heterocycles. The first kappa shape index (κ1) is 25.0. The number of aromatic hydroxyl groups is 1. The zero-order valence-electron chi connectivity index (χ0n) is 20.6. The van der Waals surface area contributed by atoms with Crippen molar-refractivity contribution in [3.63, 3.8) is 0 Å². The summed E-state index contributed by atoms with van der Waals surface area (Å²) >= 11 is 0. The molecular weight excluding hydrogens is 454 g/mol. The van der Waals surface area contributed by atoms with Gasteiger partial charge < -0.3 is 14.9 Å². The maximum atomic E-state index is 13.3. The van der Waals surface area contributed by atoms with E-state index < -0.39 is 17.7 Å². The highest BCUT2D eigenvalue weighted by Crippen LogP contribution is 2.42. The minimum absolute atomic E-state index is 0.00173. The molecule has 1 amide bonds. The molecule has 2 N–H and O–H groups in total. The van der Waals surface area contributed by atoms with Crippen LogP contribution in [-0.2, 0) is 16.0 Å². The molecule has 0 aromatic heterocycles. The Labute approximate surface area is 211 Å². The first-order valence-corrected chi connectivity index (χ1v) is 12.4. The van der Waals surface area contributed by atoms with Gasteiger partial charge in [-0.15, -0.1) is 0 Å². The molecule has 0 spiro atoms. The Morgan fingerprint density at radius 3 is 2.17 bits per heavy atom. The molecule has 1 aliphatic rings. The molecule has 0 bridgehead atoms. The van der Waals surface area contributed by atoms with Gasteiger partial charge in [-0.25, -0.2) is 0 Å². The SMILES string of the molecule is CCCCCOc1ccc(/C(O)=C2\C(=O)C(=O)N(c3ccc(CC)cc3)C2c2ccc(O)cc2)cc1. The third-order valence-corrected chi connectivity index (χ3v) is 6.42. The summed E-state index contributed by atoms with van der Waals surface area (Å²) in [6, 6.07) is 19.8. The number of aliphatic hydroxyl groups excluding tert-OH is 1.